The predicted molar refractivity (Wildman–Crippen MR) is 119 cm³/mol. The van der Waals surface area contributed by atoms with Crippen molar-refractivity contribution in [2.45, 2.75) is 58.9 Å². The molecule has 3 aromatic rings. The fourth-order valence-electron chi connectivity index (χ4n) is 4.29. The van der Waals surface area contributed by atoms with Gasteiger partial charge in [-0.05, 0) is 63.1 Å². The second-order valence-corrected chi connectivity index (χ2v) is 9.20. The first-order valence-corrected chi connectivity index (χ1v) is 11.4. The molecule has 1 aliphatic heterocycles. The molecule has 0 aliphatic carbocycles. The van der Waals surface area contributed by atoms with E-state index in [1.54, 1.807) is 7.11 Å². The Kier molecular flexibility index (Phi) is 6.04. The Morgan fingerprint density at radius 2 is 1.97 bits per heavy atom. The Morgan fingerprint density at radius 3 is 2.66 bits per heavy atom. The number of thiophene rings is 1. The first kappa shape index (κ1) is 20.5. The third kappa shape index (κ3) is 3.86. The third-order valence-corrected chi connectivity index (χ3v) is 7.41. The Hall–Kier alpha value is -1.76. The van der Waals surface area contributed by atoms with Gasteiger partial charge in [0.2, 0.25) is 0 Å². The third-order valence-electron chi connectivity index (χ3n) is 6.00. The van der Waals surface area contributed by atoms with Gasteiger partial charge in [-0.25, -0.2) is 9.97 Å². The number of ether oxygens (including phenoxy) is 2. The summed E-state index contributed by atoms with van der Waals surface area (Å²) in [7, 11) is 1.76. The molecule has 1 unspecified atom stereocenters. The highest BCUT2D eigenvalue weighted by Gasteiger charge is 2.23. The van der Waals surface area contributed by atoms with Crippen LogP contribution >= 0.6 is 11.3 Å². The predicted octanol–water partition coefficient (Wildman–Crippen LogP) is 5.58. The summed E-state index contributed by atoms with van der Waals surface area (Å²) in [6.45, 7) is 11.0. The molecular formula is C23H31N3O2S. The number of aromatic nitrogens is 3. The fraction of sp³-hybridized carbons (Fsp3) is 0.565. The summed E-state index contributed by atoms with van der Waals surface area (Å²) >= 11 is 1.89. The van der Waals surface area contributed by atoms with Crippen LogP contribution in [0.4, 0.5) is 0 Å². The van der Waals surface area contributed by atoms with Gasteiger partial charge >= 0.3 is 0 Å². The zero-order valence-corrected chi connectivity index (χ0v) is 18.9. The summed E-state index contributed by atoms with van der Waals surface area (Å²) in [5.41, 5.74) is 6.46. The molecule has 0 aromatic carbocycles. The van der Waals surface area contributed by atoms with Crippen LogP contribution in [0.5, 0.6) is 0 Å². The van der Waals surface area contributed by atoms with Crippen LogP contribution in [0.1, 0.15) is 59.8 Å². The van der Waals surface area contributed by atoms with Crippen LogP contribution in [0.25, 0.3) is 21.7 Å². The van der Waals surface area contributed by atoms with Gasteiger partial charge in [-0.15, -0.1) is 11.3 Å². The zero-order valence-electron chi connectivity index (χ0n) is 18.1. The highest BCUT2D eigenvalue weighted by Crippen LogP contribution is 2.40. The smallest absolute Gasteiger partial charge is 0.159 e. The van der Waals surface area contributed by atoms with Crippen molar-refractivity contribution in [3.05, 3.63) is 34.0 Å². The van der Waals surface area contributed by atoms with Crippen LogP contribution < -0.4 is 0 Å². The minimum atomic E-state index is 0.277. The van der Waals surface area contributed by atoms with E-state index in [2.05, 4.69) is 44.5 Å². The van der Waals surface area contributed by atoms with Crippen molar-refractivity contribution in [3.8, 4) is 10.6 Å². The highest BCUT2D eigenvalue weighted by atomic mass is 32.1. The molecule has 6 heteroatoms. The van der Waals surface area contributed by atoms with Crippen LogP contribution in [-0.4, -0.2) is 41.5 Å². The summed E-state index contributed by atoms with van der Waals surface area (Å²) in [5, 5.41) is 0. The van der Waals surface area contributed by atoms with Crippen molar-refractivity contribution in [1.82, 2.24) is 14.5 Å². The summed E-state index contributed by atoms with van der Waals surface area (Å²) in [6, 6.07) is 2.63. The number of hydrogen-bond acceptors (Lipinski definition) is 5. The second-order valence-electron chi connectivity index (χ2n) is 8.11. The normalized spacial score (nSPS) is 16.6. The van der Waals surface area contributed by atoms with Crippen molar-refractivity contribution in [1.29, 1.82) is 0 Å². The molecule has 4 heterocycles. The number of aryl methyl sites for hydroxylation is 3. The first-order chi connectivity index (χ1) is 14.0. The molecule has 1 fully saturated rings. The Bertz CT molecular complexity index is 1000. The number of fused-ring (bicyclic) bond motifs is 1. The first-order valence-electron chi connectivity index (χ1n) is 10.6. The largest absolute Gasteiger partial charge is 0.383 e. The molecule has 0 saturated carbocycles. The minimum absolute atomic E-state index is 0.277. The number of methoxy groups -OCH3 is 1. The molecule has 3 aromatic heterocycles. The maximum Gasteiger partial charge on any atom is 0.159 e. The molecule has 0 radical (unpaired) electrons. The Morgan fingerprint density at radius 1 is 1.21 bits per heavy atom. The molecule has 5 nitrogen and oxygen atoms in total. The maximum absolute atomic E-state index is 5.54. The van der Waals surface area contributed by atoms with E-state index in [1.807, 2.05) is 11.3 Å². The molecule has 1 atom stereocenters. The zero-order chi connectivity index (χ0) is 20.5. The Balaban J connectivity index is 1.77. The van der Waals surface area contributed by atoms with Crippen LogP contribution in [0.15, 0.2) is 12.3 Å². The molecular weight excluding hydrogens is 382 g/mol. The number of hydrogen-bond donors (Lipinski definition) is 0. The van der Waals surface area contributed by atoms with E-state index in [4.69, 9.17) is 19.4 Å². The van der Waals surface area contributed by atoms with Gasteiger partial charge in [0.1, 0.15) is 11.2 Å². The molecule has 0 amide bonds. The van der Waals surface area contributed by atoms with Gasteiger partial charge in [0.25, 0.3) is 0 Å². The molecule has 1 saturated heterocycles. The van der Waals surface area contributed by atoms with Crippen molar-refractivity contribution in [2.75, 3.05) is 26.9 Å². The molecule has 156 valence electrons. The molecule has 0 spiro atoms. The van der Waals surface area contributed by atoms with Crippen molar-refractivity contribution in [2.24, 2.45) is 0 Å². The van der Waals surface area contributed by atoms with E-state index in [-0.39, 0.29) is 6.04 Å². The van der Waals surface area contributed by atoms with Crippen LogP contribution in [0, 0.1) is 20.8 Å². The summed E-state index contributed by atoms with van der Waals surface area (Å²) in [4.78, 5) is 12.9. The summed E-state index contributed by atoms with van der Waals surface area (Å²) in [5.74, 6) is 0.611. The lowest BCUT2D eigenvalue weighted by Crippen LogP contribution is -2.13. The lowest BCUT2D eigenvalue weighted by molar-refractivity contribution is 0.0860. The second kappa shape index (κ2) is 8.54. The summed E-state index contributed by atoms with van der Waals surface area (Å²) in [6.07, 6.45) is 5.40. The van der Waals surface area contributed by atoms with Crippen molar-refractivity contribution in [3.63, 3.8) is 0 Å². The molecule has 29 heavy (non-hydrogen) atoms. The maximum atomic E-state index is 5.54. The topological polar surface area (TPSA) is 49.2 Å². The lowest BCUT2D eigenvalue weighted by atomic mass is 9.98. The monoisotopic (exact) mass is 413 g/mol. The van der Waals surface area contributed by atoms with E-state index in [0.29, 0.717) is 12.5 Å². The molecule has 1 aliphatic rings. The van der Waals surface area contributed by atoms with Gasteiger partial charge in [-0.2, -0.15) is 0 Å². The lowest BCUT2D eigenvalue weighted by Gasteiger charge is -2.20. The van der Waals surface area contributed by atoms with E-state index in [1.165, 1.54) is 20.9 Å². The molecule has 0 bridgehead atoms. The van der Waals surface area contributed by atoms with E-state index < -0.39 is 0 Å². The van der Waals surface area contributed by atoms with Crippen LogP contribution in [0.3, 0.4) is 0 Å². The van der Waals surface area contributed by atoms with E-state index >= 15 is 0 Å². The van der Waals surface area contributed by atoms with Gasteiger partial charge in [0.05, 0.1) is 23.2 Å². The van der Waals surface area contributed by atoms with Gasteiger partial charge in [0, 0.05) is 31.4 Å². The SMILES string of the molecule is CCC(COC)n1cc(C)c2nc(-c3sc(C4CCOCC4)cc3C)c(C)nc21. The van der Waals surface area contributed by atoms with E-state index in [0.717, 1.165) is 55.0 Å². The Labute approximate surface area is 177 Å². The number of nitrogens with zero attached hydrogens (tertiary/aromatic N) is 3. The average Bonchev–Trinajstić information content (AvgIpc) is 3.26. The van der Waals surface area contributed by atoms with Crippen molar-refractivity contribution < 1.29 is 9.47 Å². The van der Waals surface area contributed by atoms with E-state index in [9.17, 15) is 0 Å². The molecule has 0 N–H and O–H groups in total. The quantitative estimate of drug-likeness (QED) is 0.529. The van der Waals surface area contributed by atoms with Gasteiger partial charge in [0.15, 0.2) is 5.65 Å². The minimum Gasteiger partial charge on any atom is -0.383 e. The highest BCUT2D eigenvalue weighted by molar-refractivity contribution is 7.15. The van der Waals surface area contributed by atoms with Gasteiger partial charge in [-0.3, -0.25) is 0 Å². The average molecular weight is 414 g/mol. The number of rotatable bonds is 6. The van der Waals surface area contributed by atoms with Crippen LogP contribution in [-0.2, 0) is 9.47 Å². The standard InChI is InChI=1S/C23H31N3O2S/c1-6-18(13-27-5)26-12-15(3)20-23(26)24-16(4)21(25-20)22-14(2)11-19(29-22)17-7-9-28-10-8-17/h11-12,17-18H,6-10,13H2,1-5H3. The van der Waals surface area contributed by atoms with Gasteiger partial charge in [-0.1, -0.05) is 6.92 Å². The van der Waals surface area contributed by atoms with Gasteiger partial charge < -0.3 is 14.0 Å². The summed E-state index contributed by atoms with van der Waals surface area (Å²) < 4.78 is 13.2. The molecule has 4 rings (SSSR count). The van der Waals surface area contributed by atoms with Crippen LogP contribution in [0.2, 0.25) is 0 Å². The van der Waals surface area contributed by atoms with Crippen molar-refractivity contribution >= 4 is 22.5 Å². The fourth-order valence-corrected chi connectivity index (χ4v) is 5.67.